The molecule has 1 aromatic heterocycles. The molecular weight excluding hydrogens is 390 g/mol. The summed E-state index contributed by atoms with van der Waals surface area (Å²) in [6.45, 7) is 3.96. The summed E-state index contributed by atoms with van der Waals surface area (Å²) < 4.78 is 6.82. The van der Waals surface area contributed by atoms with Gasteiger partial charge in [0.05, 0.1) is 22.3 Å². The maximum atomic E-state index is 12.8. The maximum absolute atomic E-state index is 12.8. The molecular formula is C21H17N3O4S. The maximum Gasteiger partial charge on any atom is 0.262 e. The first-order valence-electron chi connectivity index (χ1n) is 8.90. The van der Waals surface area contributed by atoms with Gasteiger partial charge in [-0.25, -0.2) is 4.98 Å². The van der Waals surface area contributed by atoms with Gasteiger partial charge >= 0.3 is 0 Å². The molecule has 0 radical (unpaired) electrons. The topological polar surface area (TPSA) is 90.3 Å². The molecule has 2 aromatic carbocycles. The van der Waals surface area contributed by atoms with Gasteiger partial charge in [-0.3, -0.25) is 19.0 Å². The highest BCUT2D eigenvalue weighted by atomic mass is 32.2. The predicted octanol–water partition coefficient (Wildman–Crippen LogP) is 2.89. The summed E-state index contributed by atoms with van der Waals surface area (Å²) in [4.78, 5) is 41.5. The SMILES string of the molecule is C=CCn1c(SCC(=O)c2ccc3c(c2)NC(=O)CO3)nc2ccccc2c1=O. The highest BCUT2D eigenvalue weighted by molar-refractivity contribution is 7.99. The van der Waals surface area contributed by atoms with Crippen LogP contribution in [0.1, 0.15) is 10.4 Å². The molecule has 0 saturated heterocycles. The first-order chi connectivity index (χ1) is 14.1. The molecule has 8 heteroatoms. The average molecular weight is 407 g/mol. The van der Waals surface area contributed by atoms with Gasteiger partial charge < -0.3 is 10.1 Å². The van der Waals surface area contributed by atoms with Crippen molar-refractivity contribution in [3.8, 4) is 5.75 Å². The van der Waals surface area contributed by atoms with E-state index < -0.39 is 0 Å². The number of nitrogens with one attached hydrogen (secondary N) is 1. The number of fused-ring (bicyclic) bond motifs is 2. The van der Waals surface area contributed by atoms with Crippen molar-refractivity contribution in [3.63, 3.8) is 0 Å². The van der Waals surface area contributed by atoms with Crippen molar-refractivity contribution >= 4 is 40.0 Å². The summed E-state index contributed by atoms with van der Waals surface area (Å²) >= 11 is 1.19. The van der Waals surface area contributed by atoms with Gasteiger partial charge in [0.1, 0.15) is 5.75 Å². The summed E-state index contributed by atoms with van der Waals surface area (Å²) in [5.74, 6) is 0.218. The Morgan fingerprint density at radius 3 is 2.93 bits per heavy atom. The number of amides is 1. The second kappa shape index (κ2) is 7.92. The van der Waals surface area contributed by atoms with E-state index in [0.717, 1.165) is 0 Å². The van der Waals surface area contributed by atoms with E-state index in [1.54, 1.807) is 42.5 Å². The second-order valence-electron chi connectivity index (χ2n) is 6.38. The van der Waals surface area contributed by atoms with E-state index in [1.807, 2.05) is 6.07 Å². The molecule has 0 aliphatic carbocycles. The van der Waals surface area contributed by atoms with Crippen LogP contribution in [0.5, 0.6) is 5.75 Å². The van der Waals surface area contributed by atoms with Crippen molar-refractivity contribution in [2.24, 2.45) is 0 Å². The van der Waals surface area contributed by atoms with Crippen LogP contribution in [0.2, 0.25) is 0 Å². The summed E-state index contributed by atoms with van der Waals surface area (Å²) in [5.41, 5.74) is 1.34. The van der Waals surface area contributed by atoms with Crippen LogP contribution in [-0.4, -0.2) is 33.6 Å². The molecule has 1 N–H and O–H groups in total. The number of allylic oxidation sites excluding steroid dienone is 1. The highest BCUT2D eigenvalue weighted by Gasteiger charge is 2.19. The minimum atomic E-state index is -0.259. The monoisotopic (exact) mass is 407 g/mol. The fourth-order valence-electron chi connectivity index (χ4n) is 3.02. The van der Waals surface area contributed by atoms with Crippen LogP contribution in [0.3, 0.4) is 0 Å². The minimum absolute atomic E-state index is 0.0371. The van der Waals surface area contributed by atoms with E-state index in [2.05, 4.69) is 16.9 Å². The summed E-state index contributed by atoms with van der Waals surface area (Å²) in [7, 11) is 0. The van der Waals surface area contributed by atoms with E-state index in [9.17, 15) is 14.4 Å². The Labute approximate surface area is 170 Å². The first kappa shape index (κ1) is 18.9. The lowest BCUT2D eigenvalue weighted by Crippen LogP contribution is -2.25. The van der Waals surface area contributed by atoms with Crippen LogP contribution in [0.15, 0.2) is 65.1 Å². The quantitative estimate of drug-likeness (QED) is 0.292. The Morgan fingerprint density at radius 2 is 2.10 bits per heavy atom. The van der Waals surface area contributed by atoms with Gasteiger partial charge in [-0.05, 0) is 30.3 Å². The number of ketones is 1. The van der Waals surface area contributed by atoms with Crippen molar-refractivity contribution in [1.82, 2.24) is 9.55 Å². The molecule has 7 nitrogen and oxygen atoms in total. The Bertz CT molecular complexity index is 1200. The van der Waals surface area contributed by atoms with Gasteiger partial charge in [0.15, 0.2) is 17.5 Å². The molecule has 0 bridgehead atoms. The van der Waals surface area contributed by atoms with Crippen LogP contribution in [0.25, 0.3) is 10.9 Å². The number of hydrogen-bond acceptors (Lipinski definition) is 6. The lowest BCUT2D eigenvalue weighted by molar-refractivity contribution is -0.118. The van der Waals surface area contributed by atoms with E-state index in [1.165, 1.54) is 16.3 Å². The van der Waals surface area contributed by atoms with Gasteiger partial charge in [0.2, 0.25) is 0 Å². The number of hydrogen-bond donors (Lipinski definition) is 1. The molecule has 4 rings (SSSR count). The molecule has 0 unspecified atom stereocenters. The summed E-state index contributed by atoms with van der Waals surface area (Å²) in [6, 6.07) is 12.0. The molecule has 0 saturated carbocycles. The zero-order valence-corrected chi connectivity index (χ0v) is 16.2. The number of carbonyl (C=O) groups is 2. The molecule has 0 spiro atoms. The number of Topliss-reactive ketones (excluding diaryl/α,β-unsaturated/α-hetero) is 1. The molecule has 29 heavy (non-hydrogen) atoms. The zero-order valence-electron chi connectivity index (χ0n) is 15.4. The third-order valence-corrected chi connectivity index (χ3v) is 5.38. The van der Waals surface area contributed by atoms with Gasteiger partial charge in [-0.2, -0.15) is 0 Å². The third-order valence-electron chi connectivity index (χ3n) is 4.41. The summed E-state index contributed by atoms with van der Waals surface area (Å²) in [5, 5.41) is 3.67. The van der Waals surface area contributed by atoms with Crippen LogP contribution < -0.4 is 15.6 Å². The van der Waals surface area contributed by atoms with Crippen molar-refractivity contribution in [3.05, 3.63) is 71.0 Å². The molecule has 3 aromatic rings. The van der Waals surface area contributed by atoms with Gasteiger partial charge in [-0.15, -0.1) is 6.58 Å². The van der Waals surface area contributed by atoms with Crippen LogP contribution in [0.4, 0.5) is 5.69 Å². The van der Waals surface area contributed by atoms with E-state index >= 15 is 0 Å². The number of benzene rings is 2. The predicted molar refractivity (Wildman–Crippen MR) is 112 cm³/mol. The molecule has 1 amide bonds. The minimum Gasteiger partial charge on any atom is -0.482 e. The smallest absolute Gasteiger partial charge is 0.262 e. The fraction of sp³-hybridized carbons (Fsp3) is 0.143. The number of aromatic nitrogens is 2. The van der Waals surface area contributed by atoms with Crippen molar-refractivity contribution in [1.29, 1.82) is 0 Å². The molecule has 1 aliphatic rings. The molecule has 1 aliphatic heterocycles. The Morgan fingerprint density at radius 1 is 1.28 bits per heavy atom. The number of carbonyl (C=O) groups excluding carboxylic acids is 2. The highest BCUT2D eigenvalue weighted by Crippen LogP contribution is 2.29. The van der Waals surface area contributed by atoms with Crippen molar-refractivity contribution < 1.29 is 14.3 Å². The lowest BCUT2D eigenvalue weighted by atomic mass is 10.1. The normalized spacial score (nSPS) is 12.8. The van der Waals surface area contributed by atoms with Crippen LogP contribution in [-0.2, 0) is 11.3 Å². The summed E-state index contributed by atoms with van der Waals surface area (Å²) in [6.07, 6.45) is 1.62. The Balaban J connectivity index is 1.59. The van der Waals surface area contributed by atoms with E-state index in [-0.39, 0.29) is 29.6 Å². The lowest BCUT2D eigenvalue weighted by Gasteiger charge is -2.18. The van der Waals surface area contributed by atoms with Crippen LogP contribution >= 0.6 is 11.8 Å². The Hall–Kier alpha value is -3.39. The largest absolute Gasteiger partial charge is 0.482 e. The molecule has 146 valence electrons. The van der Waals surface area contributed by atoms with Gasteiger partial charge in [-0.1, -0.05) is 30.0 Å². The Kier molecular flexibility index (Phi) is 5.18. The van der Waals surface area contributed by atoms with E-state index in [4.69, 9.17) is 4.74 Å². The van der Waals surface area contributed by atoms with E-state index in [0.29, 0.717) is 39.6 Å². The number of rotatable bonds is 6. The number of nitrogens with zero attached hydrogens (tertiary/aromatic N) is 2. The van der Waals surface area contributed by atoms with Gasteiger partial charge in [0.25, 0.3) is 11.5 Å². The fourth-order valence-corrected chi connectivity index (χ4v) is 3.92. The third kappa shape index (κ3) is 3.79. The standard InChI is InChI=1S/C21H17N3O4S/c1-2-9-24-20(27)14-5-3-4-6-15(14)23-21(24)29-12-17(25)13-7-8-18-16(10-13)22-19(26)11-28-18/h2-8,10H,1,9,11-12H2,(H,22,26). The molecule has 2 heterocycles. The number of ether oxygens (including phenoxy) is 1. The van der Waals surface area contributed by atoms with Crippen LogP contribution in [0, 0.1) is 0 Å². The second-order valence-corrected chi connectivity index (χ2v) is 7.32. The number of thioether (sulfide) groups is 1. The number of para-hydroxylation sites is 1. The van der Waals surface area contributed by atoms with Crippen molar-refractivity contribution in [2.75, 3.05) is 17.7 Å². The first-order valence-corrected chi connectivity index (χ1v) is 9.88. The average Bonchev–Trinajstić information content (AvgIpc) is 2.73. The van der Waals surface area contributed by atoms with Gasteiger partial charge in [0, 0.05) is 12.1 Å². The molecule has 0 fully saturated rings. The van der Waals surface area contributed by atoms with Crippen molar-refractivity contribution in [2.45, 2.75) is 11.7 Å². The zero-order chi connectivity index (χ0) is 20.4. The number of anilines is 1. The molecule has 0 atom stereocenters.